The van der Waals surface area contributed by atoms with E-state index in [9.17, 15) is 8.42 Å². The Kier molecular flexibility index (Phi) is 4.70. The molecule has 0 amide bonds. The van der Waals surface area contributed by atoms with E-state index >= 15 is 0 Å². The van der Waals surface area contributed by atoms with Gasteiger partial charge in [-0.2, -0.15) is 9.57 Å². The molecular weight excluding hydrogens is 250 g/mol. The van der Waals surface area contributed by atoms with Crippen LogP contribution in [-0.4, -0.2) is 24.5 Å². The summed E-state index contributed by atoms with van der Waals surface area (Å²) in [6.45, 7) is 3.62. The number of anilines is 1. The number of sulfonamides is 1. The Morgan fingerprint density at radius 2 is 2.06 bits per heavy atom. The van der Waals surface area contributed by atoms with Crippen LogP contribution in [0.15, 0.2) is 24.3 Å². The minimum absolute atomic E-state index is 0.192. The van der Waals surface area contributed by atoms with E-state index in [0.29, 0.717) is 12.2 Å². The van der Waals surface area contributed by atoms with Gasteiger partial charge < -0.3 is 5.73 Å². The Morgan fingerprint density at radius 1 is 1.44 bits per heavy atom. The van der Waals surface area contributed by atoms with Gasteiger partial charge >= 0.3 is 0 Å². The summed E-state index contributed by atoms with van der Waals surface area (Å²) >= 11 is 0. The van der Waals surface area contributed by atoms with Gasteiger partial charge in [0.15, 0.2) is 5.25 Å². The number of para-hydroxylation sites is 1. The van der Waals surface area contributed by atoms with Crippen LogP contribution < -0.4 is 5.73 Å². The number of nitrogen functional groups attached to an aromatic ring is 1. The maximum absolute atomic E-state index is 12.1. The highest BCUT2D eigenvalue weighted by Gasteiger charge is 2.27. The van der Waals surface area contributed by atoms with Gasteiger partial charge in [-0.25, -0.2) is 8.42 Å². The van der Waals surface area contributed by atoms with E-state index in [-0.39, 0.29) is 6.54 Å². The van der Waals surface area contributed by atoms with Gasteiger partial charge in [0.05, 0.1) is 6.07 Å². The van der Waals surface area contributed by atoms with Crippen molar-refractivity contribution in [2.45, 2.75) is 25.6 Å². The van der Waals surface area contributed by atoms with Gasteiger partial charge in [-0.15, -0.1) is 0 Å². The lowest BCUT2D eigenvalue weighted by molar-refractivity contribution is 0.421. The number of rotatable bonds is 5. The Labute approximate surface area is 108 Å². The van der Waals surface area contributed by atoms with Crippen molar-refractivity contribution in [2.24, 2.45) is 0 Å². The molecule has 0 fully saturated rings. The Morgan fingerprint density at radius 3 is 2.56 bits per heavy atom. The number of nitrogens with two attached hydrogens (primary N) is 1. The lowest BCUT2D eigenvalue weighted by Gasteiger charge is -2.22. The van der Waals surface area contributed by atoms with Crippen LogP contribution >= 0.6 is 0 Å². The monoisotopic (exact) mass is 267 g/mol. The second-order valence-electron chi connectivity index (χ2n) is 3.94. The average molecular weight is 267 g/mol. The summed E-state index contributed by atoms with van der Waals surface area (Å²) in [6, 6.07) is 8.87. The van der Waals surface area contributed by atoms with E-state index < -0.39 is 15.3 Å². The zero-order valence-electron chi connectivity index (χ0n) is 10.5. The molecular formula is C12H17N3O2S. The van der Waals surface area contributed by atoms with Gasteiger partial charge in [0.2, 0.25) is 10.0 Å². The van der Waals surface area contributed by atoms with Crippen LogP contribution in [0.25, 0.3) is 0 Å². The van der Waals surface area contributed by atoms with Crippen molar-refractivity contribution in [1.29, 1.82) is 5.26 Å². The molecule has 1 aromatic rings. The van der Waals surface area contributed by atoms with Gasteiger partial charge in [0.25, 0.3) is 0 Å². The van der Waals surface area contributed by atoms with E-state index in [1.807, 2.05) is 0 Å². The second-order valence-corrected chi connectivity index (χ2v) is 6.19. The molecule has 2 N–H and O–H groups in total. The molecule has 0 saturated heterocycles. The molecule has 1 rings (SSSR count). The Balaban J connectivity index is 3.01. The fraction of sp³-hybridized carbons (Fsp3) is 0.417. The third-order valence-corrected chi connectivity index (χ3v) is 4.85. The SMILES string of the molecule is CCN(Cc1ccccc1N)S(=O)(=O)C(C)C#N. The Hall–Kier alpha value is -1.58. The van der Waals surface area contributed by atoms with Crippen LogP contribution in [0.3, 0.4) is 0 Å². The number of nitrogens with zero attached hydrogens (tertiary/aromatic N) is 2. The molecule has 1 atom stereocenters. The highest BCUT2D eigenvalue weighted by molar-refractivity contribution is 7.89. The smallest absolute Gasteiger partial charge is 0.230 e. The van der Waals surface area contributed by atoms with Crippen LogP contribution in [0, 0.1) is 11.3 Å². The van der Waals surface area contributed by atoms with Crippen molar-refractivity contribution in [1.82, 2.24) is 4.31 Å². The molecule has 0 heterocycles. The molecule has 0 aliphatic heterocycles. The van der Waals surface area contributed by atoms with Gasteiger partial charge in [-0.05, 0) is 18.6 Å². The van der Waals surface area contributed by atoms with Crippen molar-refractivity contribution >= 4 is 15.7 Å². The molecule has 0 saturated carbocycles. The maximum atomic E-state index is 12.1. The molecule has 6 heteroatoms. The largest absolute Gasteiger partial charge is 0.398 e. The molecule has 0 aromatic heterocycles. The van der Waals surface area contributed by atoms with Crippen molar-refractivity contribution in [2.75, 3.05) is 12.3 Å². The number of hydrogen-bond donors (Lipinski definition) is 1. The molecule has 5 nitrogen and oxygen atoms in total. The molecule has 0 radical (unpaired) electrons. The molecule has 1 unspecified atom stereocenters. The highest BCUT2D eigenvalue weighted by atomic mass is 32.2. The van der Waals surface area contributed by atoms with Crippen LogP contribution in [0.2, 0.25) is 0 Å². The number of nitriles is 1. The van der Waals surface area contributed by atoms with Crippen LogP contribution in [0.4, 0.5) is 5.69 Å². The second kappa shape index (κ2) is 5.85. The van der Waals surface area contributed by atoms with Crippen molar-refractivity contribution in [3.8, 4) is 6.07 Å². The van der Waals surface area contributed by atoms with Crippen LogP contribution in [0.5, 0.6) is 0 Å². The predicted octanol–water partition coefficient (Wildman–Crippen LogP) is 1.33. The lowest BCUT2D eigenvalue weighted by atomic mass is 10.2. The van der Waals surface area contributed by atoms with Gasteiger partial charge in [0, 0.05) is 18.8 Å². The summed E-state index contributed by atoms with van der Waals surface area (Å²) in [6.07, 6.45) is 0. The predicted molar refractivity (Wildman–Crippen MR) is 70.9 cm³/mol. The van der Waals surface area contributed by atoms with Gasteiger partial charge in [0.1, 0.15) is 0 Å². The standard InChI is InChI=1S/C12H17N3O2S/c1-3-15(18(16,17)10(2)8-13)9-11-6-4-5-7-12(11)14/h4-7,10H,3,9,14H2,1-2H3. The first-order chi connectivity index (χ1) is 8.43. The molecule has 0 spiro atoms. The normalized spacial score (nSPS) is 13.2. The first kappa shape index (κ1) is 14.5. The van der Waals surface area contributed by atoms with Gasteiger partial charge in [-0.1, -0.05) is 25.1 Å². The van der Waals surface area contributed by atoms with E-state index in [1.54, 1.807) is 37.3 Å². The van der Waals surface area contributed by atoms with Crippen molar-refractivity contribution < 1.29 is 8.42 Å². The Bertz CT molecular complexity index is 549. The topological polar surface area (TPSA) is 87.2 Å². The summed E-state index contributed by atoms with van der Waals surface area (Å²) in [5.41, 5.74) is 7.08. The minimum Gasteiger partial charge on any atom is -0.398 e. The summed E-state index contributed by atoms with van der Waals surface area (Å²) < 4.78 is 25.4. The summed E-state index contributed by atoms with van der Waals surface area (Å²) in [4.78, 5) is 0. The fourth-order valence-corrected chi connectivity index (χ4v) is 2.80. The fourth-order valence-electron chi connectivity index (χ4n) is 1.54. The van der Waals surface area contributed by atoms with E-state index in [0.717, 1.165) is 5.56 Å². The molecule has 0 aliphatic carbocycles. The molecule has 0 bridgehead atoms. The van der Waals surface area contributed by atoms with E-state index in [4.69, 9.17) is 11.0 Å². The molecule has 0 aliphatic rings. The first-order valence-electron chi connectivity index (χ1n) is 5.65. The third-order valence-electron chi connectivity index (χ3n) is 2.74. The molecule has 1 aromatic carbocycles. The molecule has 98 valence electrons. The average Bonchev–Trinajstić information content (AvgIpc) is 2.36. The van der Waals surface area contributed by atoms with E-state index in [2.05, 4.69) is 0 Å². The lowest BCUT2D eigenvalue weighted by Crippen LogP contribution is -2.36. The minimum atomic E-state index is -3.60. The zero-order chi connectivity index (χ0) is 13.8. The van der Waals surface area contributed by atoms with Crippen molar-refractivity contribution in [3.63, 3.8) is 0 Å². The number of hydrogen-bond acceptors (Lipinski definition) is 4. The maximum Gasteiger partial charge on any atom is 0.230 e. The first-order valence-corrected chi connectivity index (χ1v) is 7.15. The highest BCUT2D eigenvalue weighted by Crippen LogP contribution is 2.17. The number of benzene rings is 1. The van der Waals surface area contributed by atoms with Crippen molar-refractivity contribution in [3.05, 3.63) is 29.8 Å². The zero-order valence-corrected chi connectivity index (χ0v) is 11.3. The van der Waals surface area contributed by atoms with Crippen LogP contribution in [-0.2, 0) is 16.6 Å². The summed E-state index contributed by atoms with van der Waals surface area (Å²) in [5.74, 6) is 0. The third kappa shape index (κ3) is 3.00. The summed E-state index contributed by atoms with van der Waals surface area (Å²) in [7, 11) is -3.60. The quantitative estimate of drug-likeness (QED) is 0.815. The molecule has 18 heavy (non-hydrogen) atoms. The van der Waals surface area contributed by atoms with E-state index in [1.165, 1.54) is 11.2 Å². The summed E-state index contributed by atoms with van der Waals surface area (Å²) in [5, 5.41) is 7.70. The van der Waals surface area contributed by atoms with Crippen LogP contribution in [0.1, 0.15) is 19.4 Å². The van der Waals surface area contributed by atoms with Gasteiger partial charge in [-0.3, -0.25) is 0 Å².